The van der Waals surface area contributed by atoms with Crippen molar-refractivity contribution in [3.63, 3.8) is 0 Å². The Bertz CT molecular complexity index is 1250. The number of benzene rings is 1. The Morgan fingerprint density at radius 3 is 2.56 bits per heavy atom. The zero-order chi connectivity index (χ0) is 30.3. The van der Waals surface area contributed by atoms with Gasteiger partial charge in [0.25, 0.3) is 0 Å². The summed E-state index contributed by atoms with van der Waals surface area (Å²) in [6.45, 7) is 0.196. The number of aliphatic hydroxyl groups excluding tert-OH is 1. The molecule has 3 aliphatic rings. The molecule has 2 aromatic rings. The first-order valence-electron chi connectivity index (χ1n) is 16.1. The maximum absolute atomic E-state index is 14.0. The van der Waals surface area contributed by atoms with Gasteiger partial charge in [0.1, 0.15) is 11.6 Å². The SMILES string of the molecule is N[C@H](CCF)C1CCC(C(=O)N2CC[C@@H](C3CCCCC3)[C@H]2C(=O)Nc2ccc3oc(C(=O)OCCCO)cc3c2)CC1. The lowest BCUT2D eigenvalue weighted by atomic mass is 9.76. The Labute approximate surface area is 252 Å². The first kappa shape index (κ1) is 31.4. The number of aliphatic hydroxyl groups is 1. The number of hydrogen-bond donors (Lipinski definition) is 3. The summed E-state index contributed by atoms with van der Waals surface area (Å²) in [5.74, 6) is -0.00715. The normalized spacial score (nSPS) is 25.5. The fourth-order valence-electron chi connectivity index (χ4n) is 7.58. The molecule has 9 nitrogen and oxygen atoms in total. The topological polar surface area (TPSA) is 135 Å². The average molecular weight is 600 g/mol. The Morgan fingerprint density at radius 1 is 1.07 bits per heavy atom. The van der Waals surface area contributed by atoms with Crippen LogP contribution in [0.1, 0.15) is 87.6 Å². The largest absolute Gasteiger partial charge is 0.460 e. The minimum absolute atomic E-state index is 0.0571. The third-order valence-electron chi connectivity index (χ3n) is 9.94. The number of ether oxygens (including phenoxy) is 1. The number of fused-ring (bicyclic) bond motifs is 1. The maximum atomic E-state index is 14.0. The van der Waals surface area contributed by atoms with Gasteiger partial charge in [0.2, 0.25) is 17.6 Å². The second kappa shape index (κ2) is 14.7. The highest BCUT2D eigenvalue weighted by Crippen LogP contribution is 2.41. The lowest BCUT2D eigenvalue weighted by Crippen LogP contribution is -2.50. The van der Waals surface area contributed by atoms with Crippen molar-refractivity contribution in [1.29, 1.82) is 0 Å². The van der Waals surface area contributed by atoms with Gasteiger partial charge in [0.15, 0.2) is 0 Å². The molecule has 0 radical (unpaired) electrons. The molecule has 1 saturated heterocycles. The highest BCUT2D eigenvalue weighted by atomic mass is 19.1. The summed E-state index contributed by atoms with van der Waals surface area (Å²) in [6.07, 6.45) is 10.3. The minimum Gasteiger partial charge on any atom is -0.460 e. The molecule has 5 rings (SSSR count). The molecule has 3 atom stereocenters. The van der Waals surface area contributed by atoms with E-state index < -0.39 is 18.7 Å². The molecule has 1 aromatic carbocycles. The highest BCUT2D eigenvalue weighted by molar-refractivity contribution is 6.00. The number of rotatable bonds is 11. The van der Waals surface area contributed by atoms with Crippen LogP contribution in [0.2, 0.25) is 0 Å². The van der Waals surface area contributed by atoms with E-state index in [1.807, 2.05) is 4.90 Å². The molecule has 236 valence electrons. The molecule has 1 aliphatic heterocycles. The smallest absolute Gasteiger partial charge is 0.374 e. The molecule has 1 aromatic heterocycles. The number of halogens is 1. The van der Waals surface area contributed by atoms with E-state index >= 15 is 0 Å². The van der Waals surface area contributed by atoms with Crippen LogP contribution in [0, 0.1) is 23.7 Å². The number of esters is 1. The first-order valence-corrected chi connectivity index (χ1v) is 16.1. The van der Waals surface area contributed by atoms with Gasteiger partial charge in [-0.2, -0.15) is 0 Å². The summed E-state index contributed by atoms with van der Waals surface area (Å²) in [5.41, 5.74) is 7.25. The summed E-state index contributed by atoms with van der Waals surface area (Å²) in [5, 5.41) is 12.6. The van der Waals surface area contributed by atoms with Gasteiger partial charge in [-0.25, -0.2) is 4.79 Å². The molecule has 4 N–H and O–H groups in total. The van der Waals surface area contributed by atoms with E-state index in [0.29, 0.717) is 42.0 Å². The molecule has 43 heavy (non-hydrogen) atoms. The van der Waals surface area contributed by atoms with Crippen LogP contribution in [0.25, 0.3) is 11.0 Å². The van der Waals surface area contributed by atoms with E-state index in [4.69, 9.17) is 20.0 Å². The number of likely N-dealkylation sites (tertiary alicyclic amines) is 1. The maximum Gasteiger partial charge on any atom is 0.374 e. The van der Waals surface area contributed by atoms with Crippen LogP contribution >= 0.6 is 0 Å². The molecular formula is C33H46FN3O6. The number of anilines is 1. The quantitative estimate of drug-likeness (QED) is 0.239. The van der Waals surface area contributed by atoms with Gasteiger partial charge in [-0.15, -0.1) is 0 Å². The van der Waals surface area contributed by atoms with E-state index in [1.54, 1.807) is 24.3 Å². The van der Waals surface area contributed by atoms with Crippen LogP contribution in [0.15, 0.2) is 28.7 Å². The number of carbonyl (C=O) groups excluding carboxylic acids is 3. The van der Waals surface area contributed by atoms with Crippen molar-refractivity contribution in [3.05, 3.63) is 30.0 Å². The van der Waals surface area contributed by atoms with Crippen LogP contribution in [0.3, 0.4) is 0 Å². The molecule has 0 spiro atoms. The van der Waals surface area contributed by atoms with Crippen LogP contribution in [-0.4, -0.2) is 66.3 Å². The van der Waals surface area contributed by atoms with Gasteiger partial charge < -0.3 is 30.2 Å². The van der Waals surface area contributed by atoms with Crippen molar-refractivity contribution in [2.75, 3.05) is 31.7 Å². The second-order valence-electron chi connectivity index (χ2n) is 12.6. The lowest BCUT2D eigenvalue weighted by molar-refractivity contribution is -0.142. The Hall–Kier alpha value is -2.98. The Balaban J connectivity index is 1.29. The molecule has 2 aliphatic carbocycles. The summed E-state index contributed by atoms with van der Waals surface area (Å²) in [4.78, 5) is 42.1. The third kappa shape index (κ3) is 7.40. The van der Waals surface area contributed by atoms with Crippen molar-refractivity contribution in [3.8, 4) is 0 Å². The van der Waals surface area contributed by atoms with Crippen molar-refractivity contribution in [2.24, 2.45) is 29.4 Å². The Kier molecular flexibility index (Phi) is 10.7. The number of nitrogens with two attached hydrogens (primary N) is 1. The van der Waals surface area contributed by atoms with Crippen LogP contribution in [0.4, 0.5) is 10.1 Å². The molecular weight excluding hydrogens is 553 g/mol. The van der Waals surface area contributed by atoms with Gasteiger partial charge in [-0.1, -0.05) is 32.1 Å². The van der Waals surface area contributed by atoms with Crippen molar-refractivity contribution in [1.82, 2.24) is 4.90 Å². The molecule has 3 fully saturated rings. The van der Waals surface area contributed by atoms with E-state index in [-0.39, 0.29) is 54.6 Å². The number of nitrogens with zero attached hydrogens (tertiary/aromatic N) is 1. The fourth-order valence-corrected chi connectivity index (χ4v) is 7.58. The number of furan rings is 1. The average Bonchev–Trinajstić information content (AvgIpc) is 3.66. The molecule has 2 amide bonds. The molecule has 0 unspecified atom stereocenters. The van der Waals surface area contributed by atoms with Gasteiger partial charge >= 0.3 is 5.97 Å². The van der Waals surface area contributed by atoms with Crippen LogP contribution in [-0.2, 0) is 14.3 Å². The number of carbonyl (C=O) groups is 3. The number of amides is 2. The summed E-state index contributed by atoms with van der Waals surface area (Å²) in [7, 11) is 0. The van der Waals surface area contributed by atoms with E-state index in [9.17, 15) is 18.8 Å². The summed E-state index contributed by atoms with van der Waals surface area (Å²) >= 11 is 0. The fraction of sp³-hybridized carbons (Fsp3) is 0.667. The van der Waals surface area contributed by atoms with Crippen LogP contribution < -0.4 is 11.1 Å². The van der Waals surface area contributed by atoms with Gasteiger partial charge in [-0.3, -0.25) is 14.0 Å². The second-order valence-corrected chi connectivity index (χ2v) is 12.6. The first-order chi connectivity index (χ1) is 20.9. The zero-order valence-electron chi connectivity index (χ0n) is 25.0. The van der Waals surface area contributed by atoms with Gasteiger partial charge in [0.05, 0.1) is 13.3 Å². The zero-order valence-corrected chi connectivity index (χ0v) is 25.0. The molecule has 10 heteroatoms. The number of nitrogens with one attached hydrogen (secondary N) is 1. The summed E-state index contributed by atoms with van der Waals surface area (Å²) < 4.78 is 23.6. The van der Waals surface area contributed by atoms with E-state index in [0.717, 1.165) is 57.8 Å². The van der Waals surface area contributed by atoms with E-state index in [1.165, 1.54) is 6.42 Å². The van der Waals surface area contributed by atoms with E-state index in [2.05, 4.69) is 5.32 Å². The predicted octanol–water partition coefficient (Wildman–Crippen LogP) is 5.20. The molecule has 2 heterocycles. The minimum atomic E-state index is -0.607. The van der Waals surface area contributed by atoms with Crippen LogP contribution in [0.5, 0.6) is 0 Å². The summed E-state index contributed by atoms with van der Waals surface area (Å²) in [6, 6.07) is 6.10. The monoisotopic (exact) mass is 599 g/mol. The third-order valence-corrected chi connectivity index (χ3v) is 9.94. The van der Waals surface area contributed by atoms with Gasteiger partial charge in [0, 0.05) is 42.6 Å². The molecule has 2 saturated carbocycles. The standard InChI is InChI=1S/C33H46FN3O6/c34-15-13-27(35)22-7-9-23(10-8-22)32(40)37-16-14-26(21-5-2-1-3-6-21)30(37)31(39)36-25-11-12-28-24(19-25)20-29(43-28)33(41)42-18-4-17-38/h11-12,19-23,26-27,30,38H,1-10,13-18,35H2,(H,36,39)/t22?,23?,26-,27+,30-/m0/s1. The van der Waals surface area contributed by atoms with Gasteiger partial charge in [-0.05, 0) is 80.5 Å². The lowest BCUT2D eigenvalue weighted by Gasteiger charge is -2.37. The highest BCUT2D eigenvalue weighted by Gasteiger charge is 2.47. The van der Waals surface area contributed by atoms with Crippen molar-refractivity contribution in [2.45, 2.75) is 89.1 Å². The van der Waals surface area contributed by atoms with Crippen molar-refractivity contribution >= 4 is 34.4 Å². The van der Waals surface area contributed by atoms with Crippen molar-refractivity contribution < 1.29 is 33.0 Å². The predicted molar refractivity (Wildman–Crippen MR) is 161 cm³/mol. The number of alkyl halides is 1. The molecule has 0 bridgehead atoms. The number of hydrogen-bond acceptors (Lipinski definition) is 7. The Morgan fingerprint density at radius 2 is 1.84 bits per heavy atom.